The van der Waals surface area contributed by atoms with Gasteiger partial charge in [0.15, 0.2) is 13.5 Å². The number of fused-ring (bicyclic) bond motifs is 2. The predicted octanol–water partition coefficient (Wildman–Crippen LogP) is 7.76. The molecule has 1 aliphatic carbocycles. The van der Waals surface area contributed by atoms with E-state index in [4.69, 9.17) is 14.2 Å². The lowest BCUT2D eigenvalue weighted by atomic mass is 9.75. The summed E-state index contributed by atoms with van der Waals surface area (Å²) in [6, 6.07) is 8.30. The second-order valence-corrected chi connectivity index (χ2v) is 19.8. The molecule has 1 aliphatic heterocycles. The van der Waals surface area contributed by atoms with Crippen LogP contribution in [0.5, 0.6) is 0 Å². The summed E-state index contributed by atoms with van der Waals surface area (Å²) in [6.07, 6.45) is 17.2. The van der Waals surface area contributed by atoms with Crippen LogP contribution in [0.25, 0.3) is 44.6 Å². The molecule has 0 radical (unpaired) electrons. The Kier molecular flexibility index (Phi) is 13.7. The molecule has 2 fully saturated rings. The quantitative estimate of drug-likeness (QED) is 0.0945. The summed E-state index contributed by atoms with van der Waals surface area (Å²) in [7, 11) is 0. The second kappa shape index (κ2) is 18.6. The van der Waals surface area contributed by atoms with Crippen molar-refractivity contribution in [2.45, 2.75) is 125 Å². The normalized spacial score (nSPS) is 15.2. The maximum absolute atomic E-state index is 12.4. The third-order valence-corrected chi connectivity index (χ3v) is 11.4. The number of carbonyl (C=O) groups is 3. The van der Waals surface area contributed by atoms with Crippen LogP contribution in [0, 0.1) is 33.5 Å². The fourth-order valence-corrected chi connectivity index (χ4v) is 7.60. The lowest BCUT2D eigenvalue weighted by Crippen LogP contribution is -2.64. The van der Waals surface area contributed by atoms with Crippen LogP contribution in [0.3, 0.4) is 0 Å². The number of nitriles is 2. The van der Waals surface area contributed by atoms with Crippen molar-refractivity contribution < 1.29 is 28.6 Å². The Morgan fingerprint density at radius 1 is 0.682 bits per heavy atom. The maximum atomic E-state index is 12.4. The van der Waals surface area contributed by atoms with Gasteiger partial charge in [0.1, 0.15) is 35.1 Å². The van der Waals surface area contributed by atoms with Gasteiger partial charge in [0.05, 0.1) is 78.2 Å². The van der Waals surface area contributed by atoms with E-state index in [0.29, 0.717) is 36.5 Å². The minimum atomic E-state index is -0.636. The fraction of sp³-hybridized carbons (Fsp3) is 0.500. The topological polar surface area (TPSA) is 227 Å². The minimum Gasteiger partial charge on any atom is -0.444 e. The first-order chi connectivity index (χ1) is 30.7. The van der Waals surface area contributed by atoms with E-state index in [1.54, 1.807) is 58.1 Å². The van der Waals surface area contributed by atoms with Gasteiger partial charge in [0, 0.05) is 46.7 Å². The molecule has 8 rings (SSSR count). The molecular formula is C46H56ClN13O6. The van der Waals surface area contributed by atoms with Crippen molar-refractivity contribution in [3.05, 3.63) is 62.0 Å². The average Bonchev–Trinajstić information content (AvgIpc) is 4.04. The van der Waals surface area contributed by atoms with Gasteiger partial charge in [0.2, 0.25) is 0 Å². The van der Waals surface area contributed by atoms with Crippen molar-refractivity contribution in [3.8, 4) is 34.7 Å². The third-order valence-electron chi connectivity index (χ3n) is 11.4. The maximum Gasteiger partial charge on any atom is 0.410 e. The molecule has 6 aromatic heterocycles. The van der Waals surface area contributed by atoms with Gasteiger partial charge in [-0.15, -0.1) is 12.4 Å². The largest absolute Gasteiger partial charge is 0.444 e. The van der Waals surface area contributed by atoms with Gasteiger partial charge in [-0.05, 0) is 93.7 Å². The zero-order valence-corrected chi connectivity index (χ0v) is 39.6. The standard InChI is InChI=1S/C25H31N7O4.C21H24N6O2.ClH/c1-23(2,3)21(33)35-16-30-10-7-18-19(27-15-28-20(18)30)17-11-29-32(12-17)25(8-9-26)13-31(14-25)22(34)36-24(4,5)6;1-20(2,3)19(28)29-14-26-10-5-16-17(23-13-24-18(16)26)15-11-25-27(12-15)21(8-9-22)6-4-7-21;/h7,10-12,15H,8,13-14,16H2,1-6H3;5,10-13H,4,6-8,14H2,1-3H3;1H. The summed E-state index contributed by atoms with van der Waals surface area (Å²) in [5.74, 6) is -0.568. The summed E-state index contributed by atoms with van der Waals surface area (Å²) < 4.78 is 23.5. The van der Waals surface area contributed by atoms with E-state index in [1.807, 2.05) is 76.9 Å². The zero-order valence-electron chi connectivity index (χ0n) is 38.8. The average molecular weight is 922 g/mol. The predicted molar refractivity (Wildman–Crippen MR) is 244 cm³/mol. The molecule has 1 saturated carbocycles. The summed E-state index contributed by atoms with van der Waals surface area (Å²) in [6.45, 7) is 17.1. The molecule has 0 N–H and O–H groups in total. The van der Waals surface area contributed by atoms with Crippen LogP contribution in [-0.4, -0.2) is 90.3 Å². The Balaban J connectivity index is 0.000000220. The van der Waals surface area contributed by atoms with Crippen LogP contribution in [0.15, 0.2) is 62.0 Å². The van der Waals surface area contributed by atoms with Gasteiger partial charge in [-0.25, -0.2) is 24.7 Å². The molecule has 66 heavy (non-hydrogen) atoms. The van der Waals surface area contributed by atoms with Crippen molar-refractivity contribution in [2.24, 2.45) is 10.8 Å². The molecule has 1 saturated heterocycles. The number of nitrogens with zero attached hydrogens (tertiary/aromatic N) is 13. The molecule has 19 nitrogen and oxygen atoms in total. The molecule has 6 aromatic rings. The molecule has 20 heteroatoms. The molecule has 0 bridgehead atoms. The van der Waals surface area contributed by atoms with Crippen molar-refractivity contribution in [1.82, 2.24) is 53.5 Å². The highest BCUT2D eigenvalue weighted by Gasteiger charge is 2.49. The Morgan fingerprint density at radius 3 is 1.52 bits per heavy atom. The van der Waals surface area contributed by atoms with Crippen molar-refractivity contribution in [2.75, 3.05) is 13.1 Å². The van der Waals surface area contributed by atoms with Gasteiger partial charge in [-0.3, -0.25) is 28.1 Å². The minimum absolute atomic E-state index is 0. The number of likely N-dealkylation sites (tertiary alicyclic amines) is 1. The highest BCUT2D eigenvalue weighted by atomic mass is 35.5. The molecule has 348 valence electrons. The monoisotopic (exact) mass is 921 g/mol. The molecule has 0 spiro atoms. The first-order valence-corrected chi connectivity index (χ1v) is 21.4. The van der Waals surface area contributed by atoms with Crippen LogP contribution >= 0.6 is 12.4 Å². The summed E-state index contributed by atoms with van der Waals surface area (Å²) >= 11 is 0. The van der Waals surface area contributed by atoms with Gasteiger partial charge >= 0.3 is 18.0 Å². The van der Waals surface area contributed by atoms with E-state index in [-0.39, 0.29) is 49.8 Å². The van der Waals surface area contributed by atoms with Crippen LogP contribution in [0.4, 0.5) is 4.79 Å². The lowest BCUT2D eigenvalue weighted by Gasteiger charge is -2.48. The number of ether oxygens (including phenoxy) is 3. The number of aromatic nitrogens is 10. The van der Waals surface area contributed by atoms with Gasteiger partial charge < -0.3 is 19.1 Å². The Bertz CT molecular complexity index is 2810. The van der Waals surface area contributed by atoms with E-state index in [1.165, 1.54) is 12.7 Å². The lowest BCUT2D eigenvalue weighted by molar-refractivity contribution is -0.157. The number of carbonyl (C=O) groups excluding carboxylic acids is 3. The molecule has 2 aliphatic rings. The van der Waals surface area contributed by atoms with Gasteiger partial charge in [-0.2, -0.15) is 20.7 Å². The van der Waals surface area contributed by atoms with Crippen LogP contribution in [0.2, 0.25) is 0 Å². The highest BCUT2D eigenvalue weighted by Crippen LogP contribution is 2.42. The number of amides is 1. The fourth-order valence-electron chi connectivity index (χ4n) is 7.60. The van der Waals surface area contributed by atoms with Gasteiger partial charge in [0.25, 0.3) is 0 Å². The van der Waals surface area contributed by atoms with Crippen molar-refractivity contribution in [1.29, 1.82) is 10.5 Å². The summed E-state index contributed by atoms with van der Waals surface area (Å²) in [5, 5.41) is 29.3. The summed E-state index contributed by atoms with van der Waals surface area (Å²) in [4.78, 5) is 55.9. The van der Waals surface area contributed by atoms with Crippen molar-refractivity contribution in [3.63, 3.8) is 0 Å². The highest BCUT2D eigenvalue weighted by molar-refractivity contribution is 5.91. The molecular weight excluding hydrogens is 866 g/mol. The van der Waals surface area contributed by atoms with Crippen LogP contribution in [-0.2, 0) is 48.3 Å². The number of rotatable bonds is 10. The van der Waals surface area contributed by atoms with E-state index in [0.717, 1.165) is 46.9 Å². The molecule has 1 amide bonds. The Labute approximate surface area is 389 Å². The number of hydrogen-bond acceptors (Lipinski definition) is 14. The number of hydrogen-bond donors (Lipinski definition) is 0. The van der Waals surface area contributed by atoms with E-state index >= 15 is 0 Å². The SMILES string of the molecule is CC(C)(C)C(=O)OCn1ccc2c(-c3cnn(C4(CC#N)CCC4)c3)ncnc21.CC(C)(C)OC(=O)N1CC(CC#N)(n2cc(-c3ncnc4c3ccn4COC(=O)C(C)(C)C)cn2)C1.Cl. The Hall–Kier alpha value is -6.86. The molecule has 0 unspecified atom stereocenters. The van der Waals surface area contributed by atoms with Crippen LogP contribution < -0.4 is 0 Å². The van der Waals surface area contributed by atoms with Gasteiger partial charge in [-0.1, -0.05) is 0 Å². The van der Waals surface area contributed by atoms with E-state index < -0.39 is 28.1 Å². The number of halogens is 1. The van der Waals surface area contributed by atoms with E-state index in [9.17, 15) is 24.9 Å². The third kappa shape index (κ3) is 10.0. The number of esters is 2. The van der Waals surface area contributed by atoms with Crippen LogP contribution in [0.1, 0.15) is 94.4 Å². The molecule has 7 heterocycles. The molecule has 0 aromatic carbocycles. The summed E-state index contributed by atoms with van der Waals surface area (Å²) in [5.41, 5.74) is 1.82. The van der Waals surface area contributed by atoms with Crippen molar-refractivity contribution >= 4 is 52.5 Å². The smallest absolute Gasteiger partial charge is 0.410 e. The second-order valence-electron chi connectivity index (χ2n) is 19.8. The first kappa shape index (κ1) is 48.6. The first-order valence-electron chi connectivity index (χ1n) is 21.4. The molecule has 0 atom stereocenters. The zero-order chi connectivity index (χ0) is 47.0. The Morgan fingerprint density at radius 2 is 1.12 bits per heavy atom. The van der Waals surface area contributed by atoms with E-state index in [2.05, 4.69) is 42.3 Å².